The number of hydrogen-bond donors (Lipinski definition) is 1. The molecule has 0 aliphatic rings. The standard InChI is InChI=1S/C23H31NO5/c1-14(2)18-9-8-15(3)10-19(18)29-16(4)23(25)24-13-17-11-20(26-5)22(28-7)21(12-17)27-6/h8-12,14,16H,13H2,1-7H3,(H,24,25)/t16-/m0/s1. The van der Waals surface area contributed by atoms with Crippen molar-refractivity contribution in [3.63, 3.8) is 0 Å². The van der Waals surface area contributed by atoms with E-state index in [-0.39, 0.29) is 5.91 Å². The van der Waals surface area contributed by atoms with Crippen LogP contribution < -0.4 is 24.3 Å². The largest absolute Gasteiger partial charge is 0.493 e. The van der Waals surface area contributed by atoms with Crippen molar-refractivity contribution in [1.29, 1.82) is 0 Å². The summed E-state index contributed by atoms with van der Waals surface area (Å²) in [6.45, 7) is 8.27. The zero-order chi connectivity index (χ0) is 21.6. The van der Waals surface area contributed by atoms with E-state index in [4.69, 9.17) is 18.9 Å². The molecule has 6 heteroatoms. The van der Waals surface area contributed by atoms with Crippen molar-refractivity contribution in [1.82, 2.24) is 5.32 Å². The number of hydrogen-bond acceptors (Lipinski definition) is 5. The zero-order valence-electron chi connectivity index (χ0n) is 18.3. The van der Waals surface area contributed by atoms with Crippen LogP contribution in [0.3, 0.4) is 0 Å². The lowest BCUT2D eigenvalue weighted by Crippen LogP contribution is -2.36. The summed E-state index contributed by atoms with van der Waals surface area (Å²) < 4.78 is 22.0. The Bertz CT molecular complexity index is 822. The second kappa shape index (κ2) is 10.0. The summed E-state index contributed by atoms with van der Waals surface area (Å²) in [5.41, 5.74) is 3.01. The Balaban J connectivity index is 2.09. The number of amides is 1. The van der Waals surface area contributed by atoms with Crippen molar-refractivity contribution in [3.8, 4) is 23.0 Å². The Labute approximate surface area is 173 Å². The molecule has 0 aliphatic heterocycles. The summed E-state index contributed by atoms with van der Waals surface area (Å²) in [7, 11) is 4.67. The molecule has 2 aromatic rings. The minimum Gasteiger partial charge on any atom is -0.493 e. The van der Waals surface area contributed by atoms with Crippen molar-refractivity contribution in [2.24, 2.45) is 0 Å². The summed E-state index contributed by atoms with van der Waals surface area (Å²) in [5, 5.41) is 2.91. The van der Waals surface area contributed by atoms with Crippen LogP contribution in [0.25, 0.3) is 0 Å². The van der Waals surface area contributed by atoms with E-state index in [1.165, 1.54) is 0 Å². The first-order valence-corrected chi connectivity index (χ1v) is 9.64. The molecule has 0 bridgehead atoms. The maximum Gasteiger partial charge on any atom is 0.261 e. The van der Waals surface area contributed by atoms with Crippen LogP contribution in [0.15, 0.2) is 30.3 Å². The Hall–Kier alpha value is -2.89. The van der Waals surface area contributed by atoms with E-state index in [0.717, 1.165) is 22.4 Å². The molecule has 0 saturated carbocycles. The van der Waals surface area contributed by atoms with Gasteiger partial charge in [0.1, 0.15) is 5.75 Å². The molecule has 0 unspecified atom stereocenters. The zero-order valence-corrected chi connectivity index (χ0v) is 18.3. The molecule has 0 heterocycles. The van der Waals surface area contributed by atoms with E-state index in [0.29, 0.717) is 29.7 Å². The van der Waals surface area contributed by atoms with E-state index >= 15 is 0 Å². The van der Waals surface area contributed by atoms with Crippen LogP contribution in [-0.4, -0.2) is 33.3 Å². The quantitative estimate of drug-likeness (QED) is 0.681. The van der Waals surface area contributed by atoms with Gasteiger partial charge in [-0.25, -0.2) is 0 Å². The Kier molecular flexibility index (Phi) is 7.76. The molecule has 1 atom stereocenters. The van der Waals surface area contributed by atoms with E-state index < -0.39 is 6.10 Å². The van der Waals surface area contributed by atoms with Crippen LogP contribution in [0.1, 0.15) is 43.4 Å². The molecule has 2 aromatic carbocycles. The van der Waals surface area contributed by atoms with Crippen molar-refractivity contribution in [2.75, 3.05) is 21.3 Å². The Morgan fingerprint density at radius 1 is 0.931 bits per heavy atom. The Morgan fingerprint density at radius 2 is 1.55 bits per heavy atom. The van der Waals surface area contributed by atoms with Gasteiger partial charge in [-0.05, 0) is 54.7 Å². The number of rotatable bonds is 9. The van der Waals surface area contributed by atoms with Crippen LogP contribution in [-0.2, 0) is 11.3 Å². The molecule has 1 amide bonds. The summed E-state index contributed by atoms with van der Waals surface area (Å²) in [6.07, 6.45) is -0.628. The normalized spacial score (nSPS) is 11.7. The predicted molar refractivity (Wildman–Crippen MR) is 113 cm³/mol. The molecule has 0 aromatic heterocycles. The molecule has 2 rings (SSSR count). The molecule has 158 valence electrons. The van der Waals surface area contributed by atoms with E-state index in [9.17, 15) is 4.79 Å². The number of aryl methyl sites for hydroxylation is 1. The van der Waals surface area contributed by atoms with E-state index in [1.54, 1.807) is 28.3 Å². The lowest BCUT2D eigenvalue weighted by molar-refractivity contribution is -0.127. The highest BCUT2D eigenvalue weighted by Crippen LogP contribution is 2.38. The van der Waals surface area contributed by atoms with Gasteiger partial charge in [0.25, 0.3) is 5.91 Å². The molecule has 0 radical (unpaired) electrons. The summed E-state index contributed by atoms with van der Waals surface area (Å²) in [4.78, 5) is 12.6. The van der Waals surface area contributed by atoms with Crippen LogP contribution in [0.5, 0.6) is 23.0 Å². The van der Waals surface area contributed by atoms with Crippen molar-refractivity contribution < 1.29 is 23.7 Å². The fraction of sp³-hybridized carbons (Fsp3) is 0.435. The van der Waals surface area contributed by atoms with Crippen LogP contribution in [0, 0.1) is 6.92 Å². The van der Waals surface area contributed by atoms with Gasteiger partial charge in [-0.2, -0.15) is 0 Å². The third-order valence-electron chi connectivity index (χ3n) is 4.66. The van der Waals surface area contributed by atoms with Gasteiger partial charge in [-0.1, -0.05) is 26.0 Å². The minimum absolute atomic E-state index is 0.199. The molecule has 0 fully saturated rings. The first-order chi connectivity index (χ1) is 13.8. The lowest BCUT2D eigenvalue weighted by atomic mass is 10.0. The van der Waals surface area contributed by atoms with Crippen LogP contribution in [0.4, 0.5) is 0 Å². The second-order valence-corrected chi connectivity index (χ2v) is 7.21. The molecule has 0 aliphatic carbocycles. The van der Waals surface area contributed by atoms with Gasteiger partial charge in [-0.3, -0.25) is 4.79 Å². The number of methoxy groups -OCH3 is 3. The van der Waals surface area contributed by atoms with Crippen LogP contribution >= 0.6 is 0 Å². The number of benzene rings is 2. The van der Waals surface area contributed by atoms with Gasteiger partial charge >= 0.3 is 0 Å². The fourth-order valence-corrected chi connectivity index (χ4v) is 3.03. The molecule has 6 nitrogen and oxygen atoms in total. The molecular weight excluding hydrogens is 370 g/mol. The van der Waals surface area contributed by atoms with Crippen molar-refractivity contribution in [2.45, 2.75) is 46.3 Å². The van der Waals surface area contributed by atoms with Gasteiger partial charge < -0.3 is 24.3 Å². The van der Waals surface area contributed by atoms with E-state index in [1.807, 2.05) is 25.1 Å². The first kappa shape index (κ1) is 22.4. The third kappa shape index (κ3) is 5.56. The highest BCUT2D eigenvalue weighted by molar-refractivity contribution is 5.80. The van der Waals surface area contributed by atoms with Gasteiger partial charge in [-0.15, -0.1) is 0 Å². The maximum absolute atomic E-state index is 12.6. The SMILES string of the molecule is COc1cc(CNC(=O)[C@H](C)Oc2cc(C)ccc2C(C)C)cc(OC)c1OC. The number of carbonyl (C=O) groups is 1. The van der Waals surface area contributed by atoms with Gasteiger partial charge in [0.15, 0.2) is 17.6 Å². The maximum atomic E-state index is 12.6. The number of ether oxygens (including phenoxy) is 4. The molecule has 1 N–H and O–H groups in total. The lowest BCUT2D eigenvalue weighted by Gasteiger charge is -2.20. The summed E-state index contributed by atoms with van der Waals surface area (Å²) in [5.74, 6) is 2.45. The average Bonchev–Trinajstić information content (AvgIpc) is 2.70. The summed E-state index contributed by atoms with van der Waals surface area (Å²) in [6, 6.07) is 9.70. The third-order valence-corrected chi connectivity index (χ3v) is 4.66. The Morgan fingerprint density at radius 3 is 2.07 bits per heavy atom. The smallest absolute Gasteiger partial charge is 0.261 e. The van der Waals surface area contributed by atoms with Gasteiger partial charge in [0, 0.05) is 6.54 Å². The second-order valence-electron chi connectivity index (χ2n) is 7.21. The van der Waals surface area contributed by atoms with Crippen molar-refractivity contribution >= 4 is 5.91 Å². The van der Waals surface area contributed by atoms with E-state index in [2.05, 4.69) is 31.3 Å². The van der Waals surface area contributed by atoms with Gasteiger partial charge in [0.2, 0.25) is 5.75 Å². The topological polar surface area (TPSA) is 66.0 Å². The highest BCUT2D eigenvalue weighted by Gasteiger charge is 2.19. The first-order valence-electron chi connectivity index (χ1n) is 9.64. The monoisotopic (exact) mass is 401 g/mol. The molecule has 29 heavy (non-hydrogen) atoms. The average molecular weight is 402 g/mol. The molecule has 0 spiro atoms. The predicted octanol–water partition coefficient (Wildman–Crippen LogP) is 4.23. The summed E-state index contributed by atoms with van der Waals surface area (Å²) >= 11 is 0. The van der Waals surface area contributed by atoms with Crippen molar-refractivity contribution in [3.05, 3.63) is 47.0 Å². The van der Waals surface area contributed by atoms with Gasteiger partial charge in [0.05, 0.1) is 21.3 Å². The minimum atomic E-state index is -0.628. The number of carbonyl (C=O) groups excluding carboxylic acids is 1. The fourth-order valence-electron chi connectivity index (χ4n) is 3.03. The highest BCUT2D eigenvalue weighted by atomic mass is 16.5. The van der Waals surface area contributed by atoms with Crippen LogP contribution in [0.2, 0.25) is 0 Å². The molecule has 0 saturated heterocycles. The molecular formula is C23H31NO5. The number of nitrogens with one attached hydrogen (secondary N) is 1.